The molecular weight excluding hydrogens is 552 g/mol. The monoisotopic (exact) mass is 588 g/mol. The van der Waals surface area contributed by atoms with Gasteiger partial charge in [-0.2, -0.15) is 5.10 Å². The highest BCUT2D eigenvalue weighted by Crippen LogP contribution is 2.27. The van der Waals surface area contributed by atoms with E-state index in [9.17, 15) is 14.7 Å². The summed E-state index contributed by atoms with van der Waals surface area (Å²) in [6.45, 7) is 0.384. The van der Waals surface area contributed by atoms with Crippen LogP contribution in [0.3, 0.4) is 0 Å². The molecule has 0 bridgehead atoms. The lowest BCUT2D eigenvalue weighted by Crippen LogP contribution is -2.52. The molecule has 6 rings (SSSR count). The number of nitrogens with two attached hydrogens (primary N) is 1. The highest BCUT2D eigenvalue weighted by atomic mass is 16.3. The summed E-state index contributed by atoms with van der Waals surface area (Å²) in [4.78, 5) is 30.3. The number of anilines is 1. The molecule has 3 amide bonds. The fraction of sp³-hybridized carbons (Fsp3) is 0.229. The smallest absolute Gasteiger partial charge is 0.339 e. The molecule has 9 heteroatoms. The van der Waals surface area contributed by atoms with Gasteiger partial charge in [0.05, 0.1) is 30.8 Å². The summed E-state index contributed by atoms with van der Waals surface area (Å²) in [5.41, 5.74) is 10.6. The summed E-state index contributed by atoms with van der Waals surface area (Å²) >= 11 is 0. The van der Waals surface area contributed by atoms with E-state index >= 15 is 0 Å². The number of carbonyl (C=O) groups is 2. The molecule has 2 atom stereocenters. The lowest BCUT2D eigenvalue weighted by molar-refractivity contribution is -0.147. The fourth-order valence-electron chi connectivity index (χ4n) is 5.83. The number of amides is 3. The zero-order valence-electron chi connectivity index (χ0n) is 24.4. The molecule has 0 radical (unpaired) electrons. The van der Waals surface area contributed by atoms with Gasteiger partial charge in [0.1, 0.15) is 0 Å². The quantitative estimate of drug-likeness (QED) is 0.226. The lowest BCUT2D eigenvalue weighted by Gasteiger charge is -2.36. The third-order valence-corrected chi connectivity index (χ3v) is 8.19. The van der Waals surface area contributed by atoms with Crippen molar-refractivity contribution in [1.82, 2.24) is 25.1 Å². The molecule has 2 heterocycles. The number of aromatic amines is 1. The number of aryl methyl sites for hydroxylation is 1. The number of fused-ring (bicyclic) bond motifs is 1. The molecule has 0 spiro atoms. The van der Waals surface area contributed by atoms with Gasteiger partial charge in [-0.25, -0.2) is 14.8 Å². The highest BCUT2D eigenvalue weighted by Gasteiger charge is 2.41. The van der Waals surface area contributed by atoms with Crippen LogP contribution in [0.4, 0.5) is 10.6 Å². The van der Waals surface area contributed by atoms with E-state index < -0.39 is 12.1 Å². The van der Waals surface area contributed by atoms with Gasteiger partial charge in [0, 0.05) is 18.4 Å². The minimum atomic E-state index is -0.986. The Morgan fingerprint density at radius 3 is 2.16 bits per heavy atom. The molecule has 9 nitrogen and oxygen atoms in total. The number of benzene rings is 4. The van der Waals surface area contributed by atoms with Crippen LogP contribution in [0.25, 0.3) is 10.9 Å². The summed E-state index contributed by atoms with van der Waals surface area (Å²) in [6, 6.07) is 34.1. The van der Waals surface area contributed by atoms with Gasteiger partial charge in [0.2, 0.25) is 5.91 Å². The fourth-order valence-corrected chi connectivity index (χ4v) is 5.83. The molecule has 44 heavy (non-hydrogen) atoms. The van der Waals surface area contributed by atoms with Crippen LogP contribution in [-0.4, -0.2) is 60.9 Å². The molecule has 224 valence electrons. The molecule has 4 N–H and O–H groups in total. The van der Waals surface area contributed by atoms with Crippen molar-refractivity contribution < 1.29 is 14.7 Å². The number of hydrogen-bond acceptors (Lipinski definition) is 5. The molecule has 0 saturated carbocycles. The minimum Gasteiger partial charge on any atom is -0.389 e. The molecule has 0 unspecified atom stereocenters. The second-order valence-corrected chi connectivity index (χ2v) is 11.2. The molecule has 1 saturated heterocycles. The second kappa shape index (κ2) is 13.0. The Morgan fingerprint density at radius 2 is 1.48 bits per heavy atom. The van der Waals surface area contributed by atoms with Crippen LogP contribution in [0.1, 0.15) is 28.7 Å². The maximum atomic E-state index is 14.7. The number of hydrogen-bond donors (Lipinski definition) is 3. The van der Waals surface area contributed by atoms with Crippen LogP contribution >= 0.6 is 0 Å². The number of hydrazine groups is 1. The van der Waals surface area contributed by atoms with Crippen molar-refractivity contribution in [1.29, 1.82) is 0 Å². The summed E-state index contributed by atoms with van der Waals surface area (Å²) < 4.78 is 0. The van der Waals surface area contributed by atoms with Gasteiger partial charge in [-0.3, -0.25) is 9.89 Å². The summed E-state index contributed by atoms with van der Waals surface area (Å²) in [7, 11) is 0. The van der Waals surface area contributed by atoms with Gasteiger partial charge < -0.3 is 15.7 Å². The Bertz CT molecular complexity index is 1710. The maximum Gasteiger partial charge on any atom is 0.339 e. The van der Waals surface area contributed by atoms with Crippen molar-refractivity contribution in [2.75, 3.05) is 12.3 Å². The van der Waals surface area contributed by atoms with E-state index in [1.54, 1.807) is 4.90 Å². The average molecular weight is 589 g/mol. The first-order valence-corrected chi connectivity index (χ1v) is 14.9. The normalized spacial score (nSPS) is 17.2. The molecule has 5 aromatic rings. The number of nitrogen functional groups attached to an aromatic ring is 1. The zero-order chi connectivity index (χ0) is 30.5. The molecule has 1 aromatic heterocycles. The Balaban J connectivity index is 1.37. The topological polar surface area (TPSA) is 119 Å². The average Bonchev–Trinajstić information content (AvgIpc) is 3.40. The number of rotatable bonds is 9. The first-order valence-electron chi connectivity index (χ1n) is 14.9. The third kappa shape index (κ3) is 6.43. The predicted molar refractivity (Wildman–Crippen MR) is 170 cm³/mol. The number of β-amino-alcohol motifs (C(OH)–C–C–N with tert-alkyl or cyclic N) is 1. The minimum absolute atomic E-state index is 0.0156. The van der Waals surface area contributed by atoms with Crippen LogP contribution in [0.15, 0.2) is 109 Å². The Labute approximate surface area is 256 Å². The first-order chi connectivity index (χ1) is 21.5. The van der Waals surface area contributed by atoms with Gasteiger partial charge in [-0.15, -0.1) is 0 Å². The largest absolute Gasteiger partial charge is 0.389 e. The van der Waals surface area contributed by atoms with E-state index in [0.29, 0.717) is 18.7 Å². The van der Waals surface area contributed by atoms with Gasteiger partial charge in [0.15, 0.2) is 5.82 Å². The van der Waals surface area contributed by atoms with Gasteiger partial charge in [-0.05, 0) is 47.2 Å². The summed E-state index contributed by atoms with van der Waals surface area (Å²) in [6.07, 6.45) is 0.168. The molecule has 1 fully saturated rings. The number of urea groups is 1. The van der Waals surface area contributed by atoms with Crippen molar-refractivity contribution in [3.63, 3.8) is 0 Å². The predicted octanol–water partition coefficient (Wildman–Crippen LogP) is 4.93. The van der Waals surface area contributed by atoms with Gasteiger partial charge >= 0.3 is 6.03 Å². The summed E-state index contributed by atoms with van der Waals surface area (Å²) in [5, 5.41) is 22.5. The number of nitrogens with one attached hydrogen (secondary N) is 1. The van der Waals surface area contributed by atoms with Crippen LogP contribution in [0.2, 0.25) is 0 Å². The lowest BCUT2D eigenvalue weighted by atomic mass is 9.99. The van der Waals surface area contributed by atoms with Crippen molar-refractivity contribution in [3.8, 4) is 0 Å². The third-order valence-electron chi connectivity index (χ3n) is 8.19. The van der Waals surface area contributed by atoms with Crippen molar-refractivity contribution in [2.24, 2.45) is 0 Å². The van der Waals surface area contributed by atoms with Crippen molar-refractivity contribution in [2.45, 2.75) is 44.5 Å². The van der Waals surface area contributed by atoms with Crippen LogP contribution in [0, 0.1) is 0 Å². The number of carbonyl (C=O) groups excluding carboxylic acids is 2. The Morgan fingerprint density at radius 1 is 0.841 bits per heavy atom. The van der Waals surface area contributed by atoms with Gasteiger partial charge in [-0.1, -0.05) is 97.1 Å². The Kier molecular flexibility index (Phi) is 8.56. The van der Waals surface area contributed by atoms with E-state index in [2.05, 4.69) is 10.2 Å². The van der Waals surface area contributed by atoms with Crippen molar-refractivity contribution in [3.05, 3.63) is 131 Å². The molecule has 4 aromatic carbocycles. The number of aromatic nitrogens is 2. The number of aliphatic hydroxyl groups excluding tert-OH is 1. The second-order valence-electron chi connectivity index (χ2n) is 11.2. The first kappa shape index (κ1) is 28.9. The highest BCUT2D eigenvalue weighted by molar-refractivity contribution is 5.89. The standard InChI is InChI=1S/C35H36N6O3/c36-34-29-20-28(16-18-30(29)37-38-34)23-41-35(44)39(22-27-14-8-3-9-15-27)31(21-26-12-6-2-7-13-26)32(42)24-40(41)33(43)19-17-25-10-4-1-5-11-25/h1-16,18,20,31-32,42H,17,19,21-24H2,(H3,36,37,38)/t31-,32-/m1/s1. The van der Waals surface area contributed by atoms with E-state index in [1.807, 2.05) is 109 Å². The molecule has 1 aliphatic heterocycles. The SMILES string of the molecule is Nc1n[nH]c2ccc(CN3C(=O)N(Cc4ccccc4)[C@H](Cc4ccccc4)[C@H](O)CN3C(=O)CCc3ccccc3)cc12. The van der Waals surface area contributed by atoms with E-state index in [-0.39, 0.29) is 38.0 Å². The molecular formula is C35H36N6O3. The van der Waals surface area contributed by atoms with Crippen molar-refractivity contribution >= 4 is 28.7 Å². The van der Waals surface area contributed by atoms with E-state index in [4.69, 9.17) is 5.73 Å². The van der Waals surface area contributed by atoms with Crippen LogP contribution < -0.4 is 5.73 Å². The van der Waals surface area contributed by atoms with Gasteiger partial charge in [0.25, 0.3) is 0 Å². The number of nitrogens with zero attached hydrogens (tertiary/aromatic N) is 4. The number of aliphatic hydroxyl groups is 1. The summed E-state index contributed by atoms with van der Waals surface area (Å²) in [5.74, 6) is 0.133. The Hall–Kier alpha value is -5.15. The molecule has 0 aliphatic carbocycles. The van der Waals surface area contributed by atoms with Crippen LogP contribution in [-0.2, 0) is 30.7 Å². The zero-order valence-corrected chi connectivity index (χ0v) is 24.4. The number of H-pyrrole nitrogens is 1. The maximum absolute atomic E-state index is 14.7. The van der Waals surface area contributed by atoms with Crippen LogP contribution in [0.5, 0.6) is 0 Å². The molecule has 1 aliphatic rings. The van der Waals surface area contributed by atoms with E-state index in [1.165, 1.54) is 10.0 Å². The van der Waals surface area contributed by atoms with E-state index in [0.717, 1.165) is 33.2 Å².